The van der Waals surface area contributed by atoms with Gasteiger partial charge in [-0.05, 0) is 13.8 Å². The zero-order valence-corrected chi connectivity index (χ0v) is 9.30. The Hall–Kier alpha value is -0.610. The third-order valence-corrected chi connectivity index (χ3v) is 2.44. The van der Waals surface area contributed by atoms with Crippen LogP contribution in [-0.2, 0) is 9.53 Å². The van der Waals surface area contributed by atoms with Crippen LogP contribution in [0.5, 0.6) is 0 Å². The fourth-order valence-corrected chi connectivity index (χ4v) is 1.70. The maximum atomic E-state index is 11.7. The molecule has 1 N–H and O–H groups in total. The second-order valence-corrected chi connectivity index (χ2v) is 4.37. The molecule has 0 aliphatic carbocycles. The smallest absolute Gasteiger partial charge is 0.224 e. The lowest BCUT2D eigenvalue weighted by Crippen LogP contribution is -2.58. The first-order chi connectivity index (χ1) is 6.55. The number of amides is 1. The van der Waals surface area contributed by atoms with Crippen molar-refractivity contribution in [2.24, 2.45) is 0 Å². The Morgan fingerprint density at radius 2 is 2.29 bits per heavy atom. The first-order valence-corrected chi connectivity index (χ1v) is 5.07. The molecule has 1 aliphatic heterocycles. The van der Waals surface area contributed by atoms with E-state index >= 15 is 0 Å². The van der Waals surface area contributed by atoms with Crippen molar-refractivity contribution >= 4 is 5.91 Å². The fourth-order valence-electron chi connectivity index (χ4n) is 1.70. The van der Waals surface area contributed by atoms with E-state index in [4.69, 9.17) is 4.74 Å². The number of nitrogens with one attached hydrogen (secondary N) is 1. The minimum Gasteiger partial charge on any atom is -0.384 e. The lowest BCUT2D eigenvalue weighted by molar-refractivity contribution is -0.134. The summed E-state index contributed by atoms with van der Waals surface area (Å²) < 4.78 is 4.89. The summed E-state index contributed by atoms with van der Waals surface area (Å²) in [5.74, 6) is 0.196. The van der Waals surface area contributed by atoms with Gasteiger partial charge in [0.1, 0.15) is 0 Å². The standard InChI is InChI=1S/C10H20N2O2/c1-10(2)8-12(6-5-11-10)9(13)4-7-14-3/h11H,4-8H2,1-3H3. The number of piperazine rings is 1. The molecule has 0 atom stereocenters. The van der Waals surface area contributed by atoms with Crippen molar-refractivity contribution < 1.29 is 9.53 Å². The minimum atomic E-state index is 0.0426. The van der Waals surface area contributed by atoms with Crippen molar-refractivity contribution in [1.29, 1.82) is 0 Å². The predicted molar refractivity (Wildman–Crippen MR) is 55.2 cm³/mol. The molecule has 0 bridgehead atoms. The molecule has 1 aliphatic rings. The normalized spacial score (nSPS) is 20.9. The van der Waals surface area contributed by atoms with Crippen LogP contribution in [0.2, 0.25) is 0 Å². The molecule has 14 heavy (non-hydrogen) atoms. The molecule has 0 radical (unpaired) electrons. The van der Waals surface area contributed by atoms with Crippen molar-refractivity contribution in [3.8, 4) is 0 Å². The van der Waals surface area contributed by atoms with Gasteiger partial charge in [0.15, 0.2) is 0 Å². The van der Waals surface area contributed by atoms with E-state index < -0.39 is 0 Å². The molecule has 1 amide bonds. The van der Waals surface area contributed by atoms with Crippen LogP contribution < -0.4 is 5.32 Å². The highest BCUT2D eigenvalue weighted by molar-refractivity contribution is 5.76. The number of ether oxygens (including phenoxy) is 1. The van der Waals surface area contributed by atoms with Crippen molar-refractivity contribution in [1.82, 2.24) is 10.2 Å². The highest BCUT2D eigenvalue weighted by Gasteiger charge is 2.27. The van der Waals surface area contributed by atoms with Crippen LogP contribution >= 0.6 is 0 Å². The first kappa shape index (κ1) is 11.5. The van der Waals surface area contributed by atoms with Crippen molar-refractivity contribution in [3.05, 3.63) is 0 Å². The van der Waals surface area contributed by atoms with Crippen LogP contribution in [0.4, 0.5) is 0 Å². The molecule has 4 nitrogen and oxygen atoms in total. The van der Waals surface area contributed by atoms with Gasteiger partial charge in [-0.25, -0.2) is 0 Å². The number of carbonyl (C=O) groups excluding carboxylic acids is 1. The average molecular weight is 200 g/mol. The van der Waals surface area contributed by atoms with Crippen LogP contribution in [-0.4, -0.2) is 49.7 Å². The Kier molecular flexibility index (Phi) is 3.89. The van der Waals surface area contributed by atoms with Crippen molar-refractivity contribution in [2.75, 3.05) is 33.4 Å². The van der Waals surface area contributed by atoms with E-state index in [1.165, 1.54) is 0 Å². The molecule has 1 rings (SSSR count). The van der Waals surface area contributed by atoms with Crippen molar-refractivity contribution in [2.45, 2.75) is 25.8 Å². The summed E-state index contributed by atoms with van der Waals surface area (Å²) in [6.07, 6.45) is 0.493. The van der Waals surface area contributed by atoms with E-state index in [-0.39, 0.29) is 11.4 Å². The molecular weight excluding hydrogens is 180 g/mol. The SMILES string of the molecule is COCCC(=O)N1CCNC(C)(C)C1. The first-order valence-electron chi connectivity index (χ1n) is 5.07. The number of methoxy groups -OCH3 is 1. The van der Waals surface area contributed by atoms with Gasteiger partial charge in [0.05, 0.1) is 13.0 Å². The molecule has 1 fully saturated rings. The summed E-state index contributed by atoms with van der Waals surface area (Å²) in [4.78, 5) is 13.6. The Labute approximate surface area is 85.6 Å². The Balaban J connectivity index is 2.40. The third-order valence-electron chi connectivity index (χ3n) is 2.44. The number of rotatable bonds is 3. The summed E-state index contributed by atoms with van der Waals surface area (Å²) in [7, 11) is 1.62. The zero-order valence-electron chi connectivity index (χ0n) is 9.30. The van der Waals surface area contributed by atoms with Gasteiger partial charge in [-0.2, -0.15) is 0 Å². The number of hydrogen-bond donors (Lipinski definition) is 1. The summed E-state index contributed by atoms with van der Waals surface area (Å²) in [5.41, 5.74) is 0.0426. The molecule has 0 aromatic heterocycles. The maximum Gasteiger partial charge on any atom is 0.224 e. The molecule has 0 spiro atoms. The van der Waals surface area contributed by atoms with E-state index in [2.05, 4.69) is 19.2 Å². The van der Waals surface area contributed by atoms with Crippen LogP contribution in [0.3, 0.4) is 0 Å². The molecule has 1 saturated heterocycles. The van der Waals surface area contributed by atoms with Gasteiger partial charge in [-0.1, -0.05) is 0 Å². The third kappa shape index (κ3) is 3.27. The summed E-state index contributed by atoms with van der Waals surface area (Å²) in [6.45, 7) is 7.22. The van der Waals surface area contributed by atoms with E-state index in [1.54, 1.807) is 7.11 Å². The van der Waals surface area contributed by atoms with E-state index in [0.29, 0.717) is 13.0 Å². The molecule has 0 aromatic rings. The number of nitrogens with zero attached hydrogens (tertiary/aromatic N) is 1. The average Bonchev–Trinajstić information content (AvgIpc) is 2.12. The Morgan fingerprint density at radius 1 is 1.57 bits per heavy atom. The van der Waals surface area contributed by atoms with Gasteiger partial charge in [-0.15, -0.1) is 0 Å². The van der Waals surface area contributed by atoms with E-state index in [1.807, 2.05) is 4.90 Å². The summed E-state index contributed by atoms with van der Waals surface area (Å²) in [6, 6.07) is 0. The Morgan fingerprint density at radius 3 is 2.86 bits per heavy atom. The molecule has 0 aromatic carbocycles. The lowest BCUT2D eigenvalue weighted by Gasteiger charge is -2.39. The number of carbonyl (C=O) groups is 1. The second-order valence-electron chi connectivity index (χ2n) is 4.37. The van der Waals surface area contributed by atoms with Gasteiger partial charge >= 0.3 is 0 Å². The highest BCUT2D eigenvalue weighted by atomic mass is 16.5. The van der Waals surface area contributed by atoms with Gasteiger partial charge in [0.25, 0.3) is 0 Å². The maximum absolute atomic E-state index is 11.7. The van der Waals surface area contributed by atoms with Crippen LogP contribution in [0.25, 0.3) is 0 Å². The lowest BCUT2D eigenvalue weighted by atomic mass is 10.0. The van der Waals surface area contributed by atoms with Crippen LogP contribution in [0.1, 0.15) is 20.3 Å². The quantitative estimate of drug-likeness (QED) is 0.709. The minimum absolute atomic E-state index is 0.0426. The van der Waals surface area contributed by atoms with E-state index in [9.17, 15) is 4.79 Å². The van der Waals surface area contributed by atoms with Crippen molar-refractivity contribution in [3.63, 3.8) is 0 Å². The van der Waals surface area contributed by atoms with Gasteiger partial charge in [0.2, 0.25) is 5.91 Å². The van der Waals surface area contributed by atoms with Crippen LogP contribution in [0.15, 0.2) is 0 Å². The van der Waals surface area contributed by atoms with Gasteiger partial charge in [-0.3, -0.25) is 4.79 Å². The molecule has 4 heteroatoms. The molecule has 0 saturated carbocycles. The molecule has 0 unspecified atom stereocenters. The summed E-state index contributed by atoms with van der Waals surface area (Å²) >= 11 is 0. The zero-order chi connectivity index (χ0) is 10.6. The second kappa shape index (κ2) is 4.75. The Bertz CT molecular complexity index is 204. The highest BCUT2D eigenvalue weighted by Crippen LogP contribution is 2.10. The predicted octanol–water partition coefficient (Wildman–Crippen LogP) is 0.233. The van der Waals surface area contributed by atoms with E-state index in [0.717, 1.165) is 19.6 Å². The van der Waals surface area contributed by atoms with Gasteiger partial charge in [0, 0.05) is 32.3 Å². The monoisotopic (exact) mass is 200 g/mol. The largest absolute Gasteiger partial charge is 0.384 e. The number of hydrogen-bond acceptors (Lipinski definition) is 3. The van der Waals surface area contributed by atoms with Crippen LogP contribution in [0, 0.1) is 0 Å². The fraction of sp³-hybridized carbons (Fsp3) is 0.900. The summed E-state index contributed by atoms with van der Waals surface area (Å²) in [5, 5.41) is 3.37. The molecule has 1 heterocycles. The van der Waals surface area contributed by atoms with Gasteiger partial charge < -0.3 is 15.0 Å². The molecular formula is C10H20N2O2. The topological polar surface area (TPSA) is 41.6 Å². The molecule has 82 valence electrons.